The molecule has 0 aliphatic heterocycles. The molecule has 0 fully saturated rings. The molecule has 0 aromatic heterocycles. The van der Waals surface area contributed by atoms with Gasteiger partial charge >= 0.3 is 5.97 Å². The highest BCUT2D eigenvalue weighted by Gasteiger charge is 2.28. The summed E-state index contributed by atoms with van der Waals surface area (Å²) in [4.78, 5) is 68.4. The van der Waals surface area contributed by atoms with Crippen molar-refractivity contribution in [2.24, 2.45) is 17.2 Å². The molecule has 13 heteroatoms. The second-order valence-electron chi connectivity index (χ2n) is 5.63. The zero-order valence-corrected chi connectivity index (χ0v) is 14.7. The summed E-state index contributed by atoms with van der Waals surface area (Å²) >= 11 is 0. The highest BCUT2D eigenvalue weighted by Crippen LogP contribution is 1.99. The van der Waals surface area contributed by atoms with E-state index >= 15 is 0 Å². The van der Waals surface area contributed by atoms with Crippen LogP contribution in [0.4, 0.5) is 0 Å². The van der Waals surface area contributed by atoms with Gasteiger partial charge in [-0.15, -0.1) is 0 Å². The maximum atomic E-state index is 12.1. The fourth-order valence-electron chi connectivity index (χ4n) is 1.88. The molecular formula is C14H24N6O7. The van der Waals surface area contributed by atoms with Gasteiger partial charge in [-0.2, -0.15) is 0 Å². The lowest BCUT2D eigenvalue weighted by Gasteiger charge is -2.21. The third kappa shape index (κ3) is 9.74. The number of nitrogens with one attached hydrogen (secondary N) is 3. The number of carbonyl (C=O) groups is 6. The zero-order chi connectivity index (χ0) is 21.1. The van der Waals surface area contributed by atoms with E-state index < -0.39 is 66.6 Å². The van der Waals surface area contributed by atoms with Gasteiger partial charge in [0.15, 0.2) is 0 Å². The van der Waals surface area contributed by atoms with Crippen LogP contribution in [0.1, 0.15) is 26.2 Å². The van der Waals surface area contributed by atoms with Crippen LogP contribution in [-0.4, -0.2) is 65.3 Å². The molecule has 0 saturated carbocycles. The summed E-state index contributed by atoms with van der Waals surface area (Å²) in [6.07, 6.45) is -1.01. The molecule has 3 atom stereocenters. The maximum Gasteiger partial charge on any atom is 0.326 e. The minimum absolute atomic E-state index is 0.228. The molecule has 0 spiro atoms. The van der Waals surface area contributed by atoms with Crippen molar-refractivity contribution in [2.75, 3.05) is 6.54 Å². The van der Waals surface area contributed by atoms with E-state index in [4.69, 9.17) is 22.3 Å². The Morgan fingerprint density at radius 3 is 1.93 bits per heavy atom. The van der Waals surface area contributed by atoms with E-state index in [1.165, 1.54) is 6.92 Å². The molecule has 0 aliphatic rings. The zero-order valence-electron chi connectivity index (χ0n) is 14.7. The van der Waals surface area contributed by atoms with E-state index in [0.29, 0.717) is 0 Å². The Hall–Kier alpha value is -3.22. The summed E-state index contributed by atoms with van der Waals surface area (Å²) in [5.41, 5.74) is 15.1. The van der Waals surface area contributed by atoms with Crippen LogP contribution >= 0.6 is 0 Å². The fourth-order valence-corrected chi connectivity index (χ4v) is 1.88. The molecule has 0 aromatic rings. The third-order valence-corrected chi connectivity index (χ3v) is 3.29. The Balaban J connectivity index is 4.90. The van der Waals surface area contributed by atoms with Crippen LogP contribution in [0.3, 0.4) is 0 Å². The molecule has 10 N–H and O–H groups in total. The number of carboxylic acid groups (broad SMARTS) is 1. The van der Waals surface area contributed by atoms with Crippen LogP contribution in [0.25, 0.3) is 0 Å². The summed E-state index contributed by atoms with van der Waals surface area (Å²) in [5.74, 6) is -5.45. The van der Waals surface area contributed by atoms with Crippen molar-refractivity contribution in [1.29, 1.82) is 0 Å². The lowest BCUT2D eigenvalue weighted by Crippen LogP contribution is -2.56. The molecule has 0 heterocycles. The Morgan fingerprint density at radius 1 is 0.889 bits per heavy atom. The molecule has 0 saturated heterocycles. The van der Waals surface area contributed by atoms with Gasteiger partial charge in [-0.05, 0) is 13.3 Å². The molecule has 5 amide bonds. The van der Waals surface area contributed by atoms with E-state index in [-0.39, 0.29) is 12.8 Å². The van der Waals surface area contributed by atoms with Crippen molar-refractivity contribution in [3.8, 4) is 0 Å². The highest BCUT2D eigenvalue weighted by atomic mass is 16.4. The second-order valence-corrected chi connectivity index (χ2v) is 5.63. The van der Waals surface area contributed by atoms with Gasteiger partial charge in [-0.25, -0.2) is 4.79 Å². The second kappa shape index (κ2) is 11.4. The largest absolute Gasteiger partial charge is 0.480 e. The van der Waals surface area contributed by atoms with Crippen molar-refractivity contribution in [1.82, 2.24) is 16.0 Å². The van der Waals surface area contributed by atoms with Crippen LogP contribution in [0.5, 0.6) is 0 Å². The minimum Gasteiger partial charge on any atom is -0.480 e. The first-order chi connectivity index (χ1) is 12.5. The molecule has 0 aliphatic carbocycles. The van der Waals surface area contributed by atoms with Gasteiger partial charge in [0.05, 0.1) is 13.0 Å². The van der Waals surface area contributed by atoms with Gasteiger partial charge < -0.3 is 38.3 Å². The quantitative estimate of drug-likeness (QED) is 0.172. The Labute approximate surface area is 154 Å². The van der Waals surface area contributed by atoms with Gasteiger partial charge in [0, 0.05) is 6.42 Å². The maximum absolute atomic E-state index is 12.1. The average molecular weight is 388 g/mol. The SMILES string of the molecule is CC(NC(=O)C(CC(N)=O)NC(=O)CN)C(=O)NC(CCC(N)=O)C(=O)O. The standard InChI is InChI=1S/C14H24N6O7/c1-6(12(24)20-7(14(26)27)2-3-9(16)21)18-13(25)8(4-10(17)22)19-11(23)5-15/h6-8H,2-5,15H2,1H3,(H2,16,21)(H2,17,22)(H,18,25)(H,19,23)(H,20,24)(H,26,27). The molecule has 0 aromatic carbocycles. The molecule has 27 heavy (non-hydrogen) atoms. The number of rotatable bonds is 12. The molecule has 3 unspecified atom stereocenters. The number of carbonyl (C=O) groups excluding carboxylic acids is 5. The first-order valence-corrected chi connectivity index (χ1v) is 7.87. The molecule has 0 radical (unpaired) electrons. The average Bonchev–Trinajstić information content (AvgIpc) is 2.56. The van der Waals surface area contributed by atoms with E-state index in [1.54, 1.807) is 0 Å². The monoisotopic (exact) mass is 388 g/mol. The van der Waals surface area contributed by atoms with E-state index in [9.17, 15) is 28.8 Å². The van der Waals surface area contributed by atoms with E-state index in [0.717, 1.165) is 0 Å². The van der Waals surface area contributed by atoms with Gasteiger partial charge in [0.25, 0.3) is 0 Å². The predicted octanol–water partition coefficient (Wildman–Crippen LogP) is -4.36. The third-order valence-electron chi connectivity index (χ3n) is 3.29. The lowest BCUT2D eigenvalue weighted by molar-refractivity contribution is -0.142. The minimum atomic E-state index is -1.39. The van der Waals surface area contributed by atoms with Crippen LogP contribution in [-0.2, 0) is 28.8 Å². The lowest BCUT2D eigenvalue weighted by atomic mass is 10.1. The summed E-state index contributed by atoms with van der Waals surface area (Å²) < 4.78 is 0. The number of aliphatic carboxylic acids is 1. The van der Waals surface area contributed by atoms with Gasteiger partial charge in [0.2, 0.25) is 29.5 Å². The number of hydrogen-bond acceptors (Lipinski definition) is 7. The summed E-state index contributed by atoms with van der Waals surface area (Å²) in [7, 11) is 0. The first-order valence-electron chi connectivity index (χ1n) is 7.87. The smallest absolute Gasteiger partial charge is 0.326 e. The van der Waals surface area contributed by atoms with Crippen molar-refractivity contribution < 1.29 is 33.9 Å². The van der Waals surface area contributed by atoms with Crippen molar-refractivity contribution >= 4 is 35.5 Å². The van der Waals surface area contributed by atoms with Gasteiger partial charge in [-0.3, -0.25) is 24.0 Å². The summed E-state index contributed by atoms with van der Waals surface area (Å²) in [6, 6.07) is -3.94. The summed E-state index contributed by atoms with van der Waals surface area (Å²) in [6.45, 7) is 0.824. The van der Waals surface area contributed by atoms with Crippen molar-refractivity contribution in [3.05, 3.63) is 0 Å². The molecule has 152 valence electrons. The topological polar surface area (TPSA) is 237 Å². The fraction of sp³-hybridized carbons (Fsp3) is 0.571. The number of primary amides is 2. The van der Waals surface area contributed by atoms with E-state index in [1.807, 2.05) is 0 Å². The molecule has 0 bridgehead atoms. The predicted molar refractivity (Wildman–Crippen MR) is 90.4 cm³/mol. The number of carboxylic acids is 1. The first kappa shape index (κ1) is 23.8. The van der Waals surface area contributed by atoms with Crippen LogP contribution in [0, 0.1) is 0 Å². The van der Waals surface area contributed by atoms with Crippen molar-refractivity contribution in [3.63, 3.8) is 0 Å². The summed E-state index contributed by atoms with van der Waals surface area (Å²) in [5, 5.41) is 15.6. The Kier molecular flexibility index (Phi) is 10.0. The van der Waals surface area contributed by atoms with Crippen LogP contribution in [0.2, 0.25) is 0 Å². The Bertz CT molecular complexity index is 609. The molecule has 13 nitrogen and oxygen atoms in total. The Morgan fingerprint density at radius 2 is 1.48 bits per heavy atom. The molecule has 0 rings (SSSR count). The van der Waals surface area contributed by atoms with Crippen molar-refractivity contribution in [2.45, 2.75) is 44.3 Å². The highest BCUT2D eigenvalue weighted by molar-refractivity contribution is 5.95. The number of nitrogens with two attached hydrogens (primary N) is 3. The number of hydrogen-bond donors (Lipinski definition) is 7. The molecular weight excluding hydrogens is 364 g/mol. The normalized spacial score (nSPS) is 13.6. The van der Waals surface area contributed by atoms with E-state index in [2.05, 4.69) is 16.0 Å². The van der Waals surface area contributed by atoms with Gasteiger partial charge in [-0.1, -0.05) is 0 Å². The van der Waals surface area contributed by atoms with Crippen LogP contribution in [0.15, 0.2) is 0 Å². The van der Waals surface area contributed by atoms with Gasteiger partial charge in [0.1, 0.15) is 18.1 Å². The number of amides is 5. The van der Waals surface area contributed by atoms with Crippen LogP contribution < -0.4 is 33.2 Å².